The van der Waals surface area contributed by atoms with Crippen LogP contribution in [0.25, 0.3) is 10.8 Å². The molecule has 0 saturated carbocycles. The molecule has 0 fully saturated rings. The van der Waals surface area contributed by atoms with E-state index in [9.17, 15) is 4.39 Å². The van der Waals surface area contributed by atoms with E-state index in [-0.39, 0.29) is 5.82 Å². The Morgan fingerprint density at radius 1 is 1.38 bits per heavy atom. The largest absolute Gasteiger partial charge is 0.244 e. The van der Waals surface area contributed by atoms with E-state index in [1.54, 1.807) is 12.3 Å². The molecule has 1 heterocycles. The molecular weight excluding hydrogens is 256 g/mol. The number of hydrogen-bond donors (Lipinski definition) is 0. The van der Waals surface area contributed by atoms with Gasteiger partial charge in [-0.05, 0) is 39.5 Å². The fourth-order valence-corrected chi connectivity index (χ4v) is 2.21. The van der Waals surface area contributed by atoms with Crippen LogP contribution in [0.15, 0.2) is 28.9 Å². The van der Waals surface area contributed by atoms with Gasteiger partial charge in [-0.25, -0.2) is 9.37 Å². The summed E-state index contributed by atoms with van der Waals surface area (Å²) in [5.74, 6) is -0.290. The zero-order valence-electron chi connectivity index (χ0n) is 6.39. The molecule has 0 unspecified atom stereocenters. The molecule has 1 aromatic carbocycles. The van der Waals surface area contributed by atoms with Crippen LogP contribution < -0.4 is 0 Å². The fourth-order valence-electron chi connectivity index (χ4n) is 1.19. The van der Waals surface area contributed by atoms with Gasteiger partial charge in [0.2, 0.25) is 0 Å². The van der Waals surface area contributed by atoms with Crippen LogP contribution in [0.4, 0.5) is 4.39 Å². The van der Waals surface area contributed by atoms with Crippen molar-refractivity contribution in [2.24, 2.45) is 0 Å². The molecule has 0 aliphatic carbocycles. The number of benzene rings is 1. The first-order valence-electron chi connectivity index (χ1n) is 3.58. The average Bonchev–Trinajstić information content (AvgIpc) is 2.02. The van der Waals surface area contributed by atoms with E-state index in [1.165, 1.54) is 12.1 Å². The van der Waals surface area contributed by atoms with Crippen molar-refractivity contribution in [3.63, 3.8) is 0 Å². The molecule has 0 radical (unpaired) electrons. The molecule has 0 amide bonds. The Morgan fingerprint density at radius 2 is 2.15 bits per heavy atom. The summed E-state index contributed by atoms with van der Waals surface area (Å²) in [6.07, 6.45) is 1.55. The number of fused-ring (bicyclic) bond motifs is 1. The van der Waals surface area contributed by atoms with Crippen LogP contribution in [0.5, 0.6) is 0 Å². The van der Waals surface area contributed by atoms with Gasteiger partial charge in [0.15, 0.2) is 0 Å². The topological polar surface area (TPSA) is 12.9 Å². The zero-order valence-corrected chi connectivity index (χ0v) is 8.73. The van der Waals surface area contributed by atoms with Gasteiger partial charge in [0, 0.05) is 16.1 Å². The molecule has 1 aromatic heterocycles. The van der Waals surface area contributed by atoms with E-state index in [0.29, 0.717) is 9.63 Å². The number of halogens is 3. The molecular formula is C9H4BrClFN. The Bertz CT molecular complexity index is 472. The first-order valence-corrected chi connectivity index (χ1v) is 4.75. The van der Waals surface area contributed by atoms with Crippen LogP contribution in [0.1, 0.15) is 0 Å². The Labute approximate surface area is 87.7 Å². The molecule has 0 atom stereocenters. The highest BCUT2D eigenvalue weighted by molar-refractivity contribution is 9.10. The highest BCUT2D eigenvalue weighted by Crippen LogP contribution is 2.29. The van der Waals surface area contributed by atoms with Gasteiger partial charge in [-0.1, -0.05) is 11.6 Å². The summed E-state index contributed by atoms with van der Waals surface area (Å²) in [7, 11) is 0. The van der Waals surface area contributed by atoms with Crippen LogP contribution in [0.2, 0.25) is 5.15 Å². The lowest BCUT2D eigenvalue weighted by molar-refractivity contribution is 0.629. The lowest BCUT2D eigenvalue weighted by Gasteiger charge is -2.01. The minimum absolute atomic E-state index is 0.290. The normalized spacial score (nSPS) is 10.7. The van der Waals surface area contributed by atoms with E-state index >= 15 is 0 Å². The Morgan fingerprint density at radius 3 is 2.92 bits per heavy atom. The van der Waals surface area contributed by atoms with Gasteiger partial charge in [-0.3, -0.25) is 0 Å². The first-order chi connectivity index (χ1) is 6.18. The molecule has 4 heteroatoms. The molecule has 2 rings (SSSR count). The molecule has 0 spiro atoms. The maximum absolute atomic E-state index is 12.9. The van der Waals surface area contributed by atoms with Crippen LogP contribution in [0.3, 0.4) is 0 Å². The van der Waals surface area contributed by atoms with Crippen LogP contribution in [0, 0.1) is 5.82 Å². The number of nitrogens with zero attached hydrogens (tertiary/aromatic N) is 1. The summed E-state index contributed by atoms with van der Waals surface area (Å²) < 4.78 is 13.6. The third-order valence-corrected chi connectivity index (χ3v) is 2.65. The highest BCUT2D eigenvalue weighted by atomic mass is 79.9. The van der Waals surface area contributed by atoms with Crippen molar-refractivity contribution in [3.05, 3.63) is 39.8 Å². The summed E-state index contributed by atoms with van der Waals surface area (Å²) in [6.45, 7) is 0. The van der Waals surface area contributed by atoms with E-state index in [0.717, 1.165) is 10.8 Å². The van der Waals surface area contributed by atoms with Crippen molar-refractivity contribution in [3.8, 4) is 0 Å². The number of rotatable bonds is 0. The monoisotopic (exact) mass is 259 g/mol. The standard InChI is InChI=1S/C9H4BrClFN/c10-7-4-6(12)3-5-1-2-13-9(11)8(5)7/h1-4H. The zero-order chi connectivity index (χ0) is 9.42. The summed E-state index contributed by atoms with van der Waals surface area (Å²) in [4.78, 5) is 3.91. The molecule has 0 saturated heterocycles. The number of pyridine rings is 1. The van der Waals surface area contributed by atoms with Gasteiger partial charge in [-0.15, -0.1) is 0 Å². The van der Waals surface area contributed by atoms with Crippen molar-refractivity contribution < 1.29 is 4.39 Å². The van der Waals surface area contributed by atoms with Gasteiger partial charge in [-0.2, -0.15) is 0 Å². The van der Waals surface area contributed by atoms with Crippen LogP contribution in [-0.2, 0) is 0 Å². The fraction of sp³-hybridized carbons (Fsp3) is 0. The molecule has 0 bridgehead atoms. The van der Waals surface area contributed by atoms with Gasteiger partial charge in [0.25, 0.3) is 0 Å². The minimum atomic E-state index is -0.290. The molecule has 1 nitrogen and oxygen atoms in total. The number of aromatic nitrogens is 1. The second kappa shape index (κ2) is 3.24. The maximum Gasteiger partial charge on any atom is 0.137 e. The number of hydrogen-bond acceptors (Lipinski definition) is 1. The van der Waals surface area contributed by atoms with Gasteiger partial charge >= 0.3 is 0 Å². The minimum Gasteiger partial charge on any atom is -0.244 e. The van der Waals surface area contributed by atoms with Crippen molar-refractivity contribution >= 4 is 38.3 Å². The predicted octanol–water partition coefficient (Wildman–Crippen LogP) is 3.79. The van der Waals surface area contributed by atoms with Gasteiger partial charge in [0.1, 0.15) is 11.0 Å². The van der Waals surface area contributed by atoms with Crippen molar-refractivity contribution in [1.29, 1.82) is 0 Å². The lowest BCUT2D eigenvalue weighted by Crippen LogP contribution is -1.82. The third kappa shape index (κ3) is 1.54. The second-order valence-electron chi connectivity index (χ2n) is 2.59. The summed E-state index contributed by atoms with van der Waals surface area (Å²) in [5, 5.41) is 1.86. The summed E-state index contributed by atoms with van der Waals surface area (Å²) in [5.41, 5.74) is 0. The quantitative estimate of drug-likeness (QED) is 0.657. The molecule has 13 heavy (non-hydrogen) atoms. The SMILES string of the molecule is Fc1cc(Br)c2c(Cl)nccc2c1. The molecule has 66 valence electrons. The van der Waals surface area contributed by atoms with E-state index in [2.05, 4.69) is 20.9 Å². The van der Waals surface area contributed by atoms with Crippen molar-refractivity contribution in [2.75, 3.05) is 0 Å². The Balaban J connectivity index is 2.94. The van der Waals surface area contributed by atoms with Crippen LogP contribution in [-0.4, -0.2) is 4.98 Å². The molecule has 0 aliphatic heterocycles. The smallest absolute Gasteiger partial charge is 0.137 e. The Hall–Kier alpha value is -0.670. The van der Waals surface area contributed by atoms with E-state index in [1.807, 2.05) is 0 Å². The lowest BCUT2D eigenvalue weighted by atomic mass is 10.2. The van der Waals surface area contributed by atoms with E-state index in [4.69, 9.17) is 11.6 Å². The second-order valence-corrected chi connectivity index (χ2v) is 3.80. The van der Waals surface area contributed by atoms with Crippen LogP contribution >= 0.6 is 27.5 Å². The van der Waals surface area contributed by atoms with Crippen molar-refractivity contribution in [2.45, 2.75) is 0 Å². The average molecular weight is 260 g/mol. The van der Waals surface area contributed by atoms with Gasteiger partial charge < -0.3 is 0 Å². The van der Waals surface area contributed by atoms with Gasteiger partial charge in [0.05, 0.1) is 0 Å². The predicted molar refractivity (Wildman–Crippen MR) is 54.4 cm³/mol. The van der Waals surface area contributed by atoms with Crippen molar-refractivity contribution in [1.82, 2.24) is 4.98 Å². The summed E-state index contributed by atoms with van der Waals surface area (Å²) >= 11 is 9.09. The molecule has 0 N–H and O–H groups in total. The summed E-state index contributed by atoms with van der Waals surface area (Å²) in [6, 6.07) is 4.51. The highest BCUT2D eigenvalue weighted by Gasteiger charge is 2.05. The Kier molecular flexibility index (Phi) is 2.22. The third-order valence-electron chi connectivity index (χ3n) is 1.73. The first kappa shape index (κ1) is 8.91. The molecule has 2 aromatic rings. The van der Waals surface area contributed by atoms with E-state index < -0.39 is 0 Å². The molecule has 0 aliphatic rings. The maximum atomic E-state index is 12.9.